The van der Waals surface area contributed by atoms with Gasteiger partial charge in [-0.25, -0.2) is 0 Å². The Morgan fingerprint density at radius 1 is 1.32 bits per heavy atom. The first-order valence-electron chi connectivity index (χ1n) is 6.15. The zero-order chi connectivity index (χ0) is 12.6. The molecule has 0 amide bonds. The maximum Gasteiger partial charge on any atom is 0.0505 e. The predicted molar refractivity (Wildman–Crippen MR) is 77.8 cm³/mol. The van der Waals surface area contributed by atoms with Crippen LogP contribution in [-0.2, 0) is 24.8 Å². The van der Waals surface area contributed by atoms with Gasteiger partial charge in [-0.2, -0.15) is 0 Å². The Morgan fingerprint density at radius 3 is 2.95 bits per heavy atom. The summed E-state index contributed by atoms with van der Waals surface area (Å²) >= 11 is 0. The third-order valence-electron chi connectivity index (χ3n) is 2.52. The van der Waals surface area contributed by atoms with E-state index in [0.717, 1.165) is 39.2 Å². The number of aromatic nitrogens is 1. The van der Waals surface area contributed by atoms with Crippen LogP contribution >= 0.6 is 8.58 Å². The summed E-state index contributed by atoms with van der Waals surface area (Å²) in [6, 6.07) is 15.5. The van der Waals surface area contributed by atoms with Crippen molar-refractivity contribution in [1.29, 1.82) is 0 Å². The van der Waals surface area contributed by atoms with Crippen LogP contribution in [0.1, 0.15) is 6.92 Å². The Bertz CT molecular complexity index is 479. The molecule has 2 aromatic rings. The van der Waals surface area contributed by atoms with Crippen molar-refractivity contribution in [1.82, 2.24) is 4.98 Å². The number of benzene rings is 1. The number of nitrogens with zero attached hydrogens (tertiary/aromatic N) is 1. The first kappa shape index (κ1) is 16.5. The zero-order valence-electron chi connectivity index (χ0n) is 10.9. The van der Waals surface area contributed by atoms with Crippen LogP contribution in [0.3, 0.4) is 0 Å². The molecule has 1 aromatic carbocycles. The number of pyridine rings is 1. The molecule has 0 bridgehead atoms. The summed E-state index contributed by atoms with van der Waals surface area (Å²) in [7, 11) is 0.783. The van der Waals surface area contributed by atoms with Crippen LogP contribution in [0.4, 0.5) is 0 Å². The quantitative estimate of drug-likeness (QED) is 0.384. The Hall–Kier alpha value is -0.591. The first-order valence-corrected chi connectivity index (χ1v) is 7.35. The van der Waals surface area contributed by atoms with Crippen molar-refractivity contribution in [3.8, 4) is 11.3 Å². The molecule has 19 heavy (non-hydrogen) atoms. The fraction of sp³-hybridized carbons (Fsp3) is 0.267. The minimum absolute atomic E-state index is 0. The van der Waals surface area contributed by atoms with E-state index in [2.05, 4.69) is 23.2 Å². The summed E-state index contributed by atoms with van der Waals surface area (Å²) in [5.74, 6) is 0. The minimum Gasteiger partial charge on any atom is -0.381 e. The van der Waals surface area contributed by atoms with Crippen LogP contribution in [0.25, 0.3) is 11.3 Å². The fourth-order valence-electron chi connectivity index (χ4n) is 1.66. The molecule has 0 spiro atoms. The molecule has 0 aliphatic heterocycles. The van der Waals surface area contributed by atoms with E-state index in [1.165, 1.54) is 5.30 Å². The van der Waals surface area contributed by atoms with Crippen molar-refractivity contribution in [3.63, 3.8) is 0 Å². The molecule has 1 aromatic heterocycles. The van der Waals surface area contributed by atoms with Gasteiger partial charge in [0.15, 0.2) is 0 Å². The molecule has 4 heteroatoms. The van der Waals surface area contributed by atoms with Gasteiger partial charge in [0.2, 0.25) is 0 Å². The van der Waals surface area contributed by atoms with E-state index in [1.54, 1.807) is 0 Å². The molecular formula is C15H17IrNOP-. The molecule has 103 valence electrons. The Morgan fingerprint density at radius 2 is 2.21 bits per heavy atom. The molecule has 0 aliphatic carbocycles. The molecule has 1 radical (unpaired) electrons. The SMILES string of the molecule is CCOCCPc1cc[c-]c(-c2ccccn2)c1.[Ir]. The summed E-state index contributed by atoms with van der Waals surface area (Å²) in [5, 5.41) is 1.34. The molecular weight excluding hydrogens is 433 g/mol. The standard InChI is InChI=1S/C15H17NOP.Ir/c1-2-17-10-11-18-14-7-5-6-13(12-14)15-8-3-4-9-16-15;/h3-5,7-9,12,18H,2,10-11H2,1H3;/q-1;. The average molecular weight is 450 g/mol. The summed E-state index contributed by atoms with van der Waals surface area (Å²) in [4.78, 5) is 4.35. The molecule has 0 fully saturated rings. The van der Waals surface area contributed by atoms with Crippen LogP contribution in [0.5, 0.6) is 0 Å². The Labute approximate surface area is 130 Å². The van der Waals surface area contributed by atoms with Gasteiger partial charge in [-0.3, -0.25) is 0 Å². The van der Waals surface area contributed by atoms with Crippen molar-refractivity contribution in [2.75, 3.05) is 19.4 Å². The fourth-order valence-corrected chi connectivity index (χ4v) is 2.64. The number of hydrogen-bond donors (Lipinski definition) is 0. The third-order valence-corrected chi connectivity index (χ3v) is 3.70. The van der Waals surface area contributed by atoms with Crippen LogP contribution in [0.2, 0.25) is 0 Å². The topological polar surface area (TPSA) is 22.1 Å². The second-order valence-corrected chi connectivity index (χ2v) is 5.26. The number of rotatable bonds is 6. The Balaban J connectivity index is 0.00000180. The molecule has 2 rings (SSSR count). The van der Waals surface area contributed by atoms with E-state index in [-0.39, 0.29) is 20.1 Å². The summed E-state index contributed by atoms with van der Waals surface area (Å²) in [6.45, 7) is 3.67. The van der Waals surface area contributed by atoms with Gasteiger partial charge in [-0.15, -0.1) is 43.7 Å². The van der Waals surface area contributed by atoms with Gasteiger partial charge < -0.3 is 9.72 Å². The molecule has 1 heterocycles. The molecule has 0 saturated heterocycles. The van der Waals surface area contributed by atoms with E-state index in [9.17, 15) is 0 Å². The van der Waals surface area contributed by atoms with E-state index in [4.69, 9.17) is 4.74 Å². The van der Waals surface area contributed by atoms with Gasteiger partial charge in [-0.05, 0) is 24.8 Å². The maximum atomic E-state index is 5.36. The van der Waals surface area contributed by atoms with Gasteiger partial charge in [0.25, 0.3) is 0 Å². The van der Waals surface area contributed by atoms with Crippen LogP contribution in [0.15, 0.2) is 42.6 Å². The van der Waals surface area contributed by atoms with Gasteiger partial charge in [0, 0.05) is 32.9 Å². The number of hydrogen-bond acceptors (Lipinski definition) is 2. The smallest absolute Gasteiger partial charge is 0.0505 e. The normalized spacial score (nSPS) is 10.6. The van der Waals surface area contributed by atoms with Crippen LogP contribution < -0.4 is 5.30 Å². The van der Waals surface area contributed by atoms with Gasteiger partial charge in [0.1, 0.15) is 0 Å². The average Bonchev–Trinajstić information content (AvgIpc) is 2.45. The van der Waals surface area contributed by atoms with E-state index in [1.807, 2.05) is 37.4 Å². The van der Waals surface area contributed by atoms with E-state index in [0.29, 0.717) is 0 Å². The molecule has 1 unspecified atom stereocenters. The largest absolute Gasteiger partial charge is 0.381 e. The van der Waals surface area contributed by atoms with Crippen molar-refractivity contribution < 1.29 is 24.8 Å². The molecule has 0 aliphatic rings. The Kier molecular flexibility index (Phi) is 8.09. The van der Waals surface area contributed by atoms with Gasteiger partial charge >= 0.3 is 0 Å². The van der Waals surface area contributed by atoms with Crippen molar-refractivity contribution in [2.24, 2.45) is 0 Å². The summed E-state index contributed by atoms with van der Waals surface area (Å²) < 4.78 is 5.36. The molecule has 0 N–H and O–H groups in total. The summed E-state index contributed by atoms with van der Waals surface area (Å²) in [6.07, 6.45) is 2.90. The van der Waals surface area contributed by atoms with Gasteiger partial charge in [-0.1, -0.05) is 12.1 Å². The van der Waals surface area contributed by atoms with Crippen LogP contribution in [0, 0.1) is 6.07 Å². The van der Waals surface area contributed by atoms with Gasteiger partial charge in [0.05, 0.1) is 6.61 Å². The van der Waals surface area contributed by atoms with Crippen molar-refractivity contribution in [2.45, 2.75) is 6.92 Å². The van der Waals surface area contributed by atoms with E-state index < -0.39 is 0 Å². The molecule has 1 atom stereocenters. The second kappa shape index (κ2) is 9.33. The number of ether oxygens (including phenoxy) is 1. The van der Waals surface area contributed by atoms with E-state index >= 15 is 0 Å². The molecule has 0 saturated carbocycles. The molecule has 2 nitrogen and oxygen atoms in total. The maximum absolute atomic E-state index is 5.36. The minimum atomic E-state index is 0. The second-order valence-electron chi connectivity index (χ2n) is 3.83. The summed E-state index contributed by atoms with van der Waals surface area (Å²) in [5.41, 5.74) is 2.05. The monoisotopic (exact) mass is 451 g/mol. The zero-order valence-corrected chi connectivity index (χ0v) is 14.2. The third kappa shape index (κ3) is 5.50. The first-order chi connectivity index (χ1) is 8.90. The van der Waals surface area contributed by atoms with Crippen molar-refractivity contribution in [3.05, 3.63) is 48.7 Å². The van der Waals surface area contributed by atoms with Crippen molar-refractivity contribution >= 4 is 13.9 Å². The van der Waals surface area contributed by atoms with Crippen LogP contribution in [-0.4, -0.2) is 24.4 Å². The predicted octanol–water partition coefficient (Wildman–Crippen LogP) is 2.89.